The Balaban J connectivity index is 2.87. The molecule has 0 radical (unpaired) electrons. The van der Waals surface area contributed by atoms with E-state index in [2.05, 4.69) is 21.2 Å². The minimum absolute atomic E-state index is 0.133. The third-order valence-electron chi connectivity index (χ3n) is 2.16. The van der Waals surface area contributed by atoms with E-state index in [1.165, 1.54) is 0 Å². The number of hydrogen-bond donors (Lipinski definition) is 3. The quantitative estimate of drug-likeness (QED) is 0.721. The van der Waals surface area contributed by atoms with Gasteiger partial charge in [-0.05, 0) is 31.0 Å². The highest BCUT2D eigenvalue weighted by molar-refractivity contribution is 9.10. The van der Waals surface area contributed by atoms with Crippen molar-refractivity contribution in [3.05, 3.63) is 28.2 Å². The van der Waals surface area contributed by atoms with Gasteiger partial charge in [0.25, 0.3) is 0 Å². The molecule has 0 saturated heterocycles. The van der Waals surface area contributed by atoms with Crippen LogP contribution in [0.5, 0.6) is 0 Å². The van der Waals surface area contributed by atoms with Crippen molar-refractivity contribution in [1.82, 2.24) is 0 Å². The summed E-state index contributed by atoms with van der Waals surface area (Å²) < 4.78 is 0.991. The molecule has 0 unspecified atom stereocenters. The smallest absolute Gasteiger partial charge is 0.0440 e. The summed E-state index contributed by atoms with van der Waals surface area (Å²) >= 11 is 3.39. The van der Waals surface area contributed by atoms with Gasteiger partial charge in [-0.3, -0.25) is 0 Å². The molecule has 0 atom stereocenters. The minimum Gasteiger partial charge on any atom is -0.396 e. The Bertz CT molecular complexity index is 352. The fourth-order valence-electron chi connectivity index (χ4n) is 1.38. The van der Waals surface area contributed by atoms with Crippen LogP contribution in [-0.4, -0.2) is 24.5 Å². The van der Waals surface area contributed by atoms with Crippen molar-refractivity contribution in [2.45, 2.75) is 12.8 Å². The van der Waals surface area contributed by atoms with E-state index >= 15 is 0 Å². The number of nitrogens with one attached hydrogen (secondary N) is 2. The SMILES string of the molecule is CNc1cc(Br)ccc1C(=N)CCCO. The van der Waals surface area contributed by atoms with E-state index in [4.69, 9.17) is 10.5 Å². The third kappa shape index (κ3) is 3.32. The topological polar surface area (TPSA) is 56.1 Å². The molecule has 0 aliphatic heterocycles. The number of aliphatic hydroxyl groups is 1. The van der Waals surface area contributed by atoms with E-state index < -0.39 is 0 Å². The van der Waals surface area contributed by atoms with Crippen LogP contribution in [0.15, 0.2) is 22.7 Å². The van der Waals surface area contributed by atoms with Gasteiger partial charge in [0.2, 0.25) is 0 Å². The van der Waals surface area contributed by atoms with Crippen molar-refractivity contribution in [2.24, 2.45) is 0 Å². The molecule has 0 amide bonds. The molecule has 0 aliphatic rings. The summed E-state index contributed by atoms with van der Waals surface area (Å²) in [6, 6.07) is 5.78. The number of benzene rings is 1. The number of hydrogen-bond acceptors (Lipinski definition) is 3. The van der Waals surface area contributed by atoms with Gasteiger partial charge in [0.15, 0.2) is 0 Å². The molecule has 15 heavy (non-hydrogen) atoms. The molecule has 3 N–H and O–H groups in total. The van der Waals surface area contributed by atoms with Gasteiger partial charge in [-0.25, -0.2) is 0 Å². The maximum Gasteiger partial charge on any atom is 0.0440 e. The second-order valence-electron chi connectivity index (χ2n) is 3.25. The van der Waals surface area contributed by atoms with Gasteiger partial charge in [0.05, 0.1) is 0 Å². The first-order valence-corrected chi connectivity index (χ1v) is 5.64. The van der Waals surface area contributed by atoms with Crippen LogP contribution in [0.25, 0.3) is 0 Å². The molecule has 0 bridgehead atoms. The zero-order valence-corrected chi connectivity index (χ0v) is 10.3. The van der Waals surface area contributed by atoms with Gasteiger partial charge in [0.1, 0.15) is 0 Å². The summed E-state index contributed by atoms with van der Waals surface area (Å²) in [6.45, 7) is 0.133. The predicted molar refractivity (Wildman–Crippen MR) is 66.8 cm³/mol. The Morgan fingerprint density at radius 2 is 2.27 bits per heavy atom. The van der Waals surface area contributed by atoms with Crippen LogP contribution in [0.1, 0.15) is 18.4 Å². The lowest BCUT2D eigenvalue weighted by atomic mass is 10.0. The second kappa shape index (κ2) is 5.88. The Kier molecular flexibility index (Phi) is 4.78. The van der Waals surface area contributed by atoms with Crippen LogP contribution >= 0.6 is 15.9 Å². The second-order valence-corrected chi connectivity index (χ2v) is 4.16. The van der Waals surface area contributed by atoms with E-state index in [0.29, 0.717) is 18.6 Å². The number of aliphatic hydroxyl groups excluding tert-OH is 1. The van der Waals surface area contributed by atoms with Crippen molar-refractivity contribution in [3.63, 3.8) is 0 Å². The van der Waals surface area contributed by atoms with E-state index in [0.717, 1.165) is 15.7 Å². The van der Waals surface area contributed by atoms with Crippen LogP contribution in [0, 0.1) is 5.41 Å². The first-order chi connectivity index (χ1) is 7.19. The summed E-state index contributed by atoms with van der Waals surface area (Å²) in [5, 5.41) is 19.7. The summed E-state index contributed by atoms with van der Waals surface area (Å²) in [5.74, 6) is 0. The van der Waals surface area contributed by atoms with Gasteiger partial charge in [-0.1, -0.05) is 15.9 Å². The van der Waals surface area contributed by atoms with Gasteiger partial charge in [0, 0.05) is 35.1 Å². The summed E-state index contributed by atoms with van der Waals surface area (Å²) in [7, 11) is 1.84. The Labute approximate surface area is 98.2 Å². The van der Waals surface area contributed by atoms with Crippen LogP contribution in [0.2, 0.25) is 0 Å². The maximum absolute atomic E-state index is 8.71. The molecule has 1 aromatic rings. The van der Waals surface area contributed by atoms with Gasteiger partial charge >= 0.3 is 0 Å². The normalized spacial score (nSPS) is 10.1. The molecule has 4 heteroatoms. The molecule has 82 valence electrons. The number of halogens is 1. The van der Waals surface area contributed by atoms with Gasteiger partial charge in [-0.2, -0.15) is 0 Å². The Hall–Kier alpha value is -0.870. The summed E-state index contributed by atoms with van der Waals surface area (Å²) in [4.78, 5) is 0. The minimum atomic E-state index is 0.133. The molecule has 0 aliphatic carbocycles. The zero-order chi connectivity index (χ0) is 11.3. The van der Waals surface area contributed by atoms with E-state index in [9.17, 15) is 0 Å². The van der Waals surface area contributed by atoms with E-state index in [-0.39, 0.29) is 6.61 Å². The fraction of sp³-hybridized carbons (Fsp3) is 0.364. The molecule has 0 saturated carbocycles. The molecule has 0 spiro atoms. The number of anilines is 1. The van der Waals surface area contributed by atoms with Crippen LogP contribution in [-0.2, 0) is 0 Å². The molecule has 3 nitrogen and oxygen atoms in total. The molecule has 1 rings (SSSR count). The number of rotatable bonds is 5. The standard InChI is InChI=1S/C11H15BrN2O/c1-14-11-7-8(12)4-5-9(11)10(13)3-2-6-15/h4-5,7,13-15H,2-3,6H2,1H3. The highest BCUT2D eigenvalue weighted by Crippen LogP contribution is 2.22. The maximum atomic E-state index is 8.71. The van der Waals surface area contributed by atoms with Crippen LogP contribution in [0.3, 0.4) is 0 Å². The van der Waals surface area contributed by atoms with Crippen molar-refractivity contribution < 1.29 is 5.11 Å². The Morgan fingerprint density at radius 3 is 2.87 bits per heavy atom. The van der Waals surface area contributed by atoms with E-state index in [1.807, 2.05) is 25.2 Å². The average Bonchev–Trinajstić information content (AvgIpc) is 2.25. The van der Waals surface area contributed by atoms with Crippen LogP contribution in [0.4, 0.5) is 5.69 Å². The highest BCUT2D eigenvalue weighted by Gasteiger charge is 2.06. The van der Waals surface area contributed by atoms with Crippen LogP contribution < -0.4 is 5.32 Å². The molecule has 0 aromatic heterocycles. The largest absolute Gasteiger partial charge is 0.396 e. The Morgan fingerprint density at radius 1 is 1.53 bits per heavy atom. The first-order valence-electron chi connectivity index (χ1n) is 4.85. The molecule has 0 fully saturated rings. The van der Waals surface area contributed by atoms with Gasteiger partial charge < -0.3 is 15.8 Å². The van der Waals surface area contributed by atoms with E-state index in [1.54, 1.807) is 0 Å². The average molecular weight is 271 g/mol. The zero-order valence-electron chi connectivity index (χ0n) is 8.68. The summed E-state index contributed by atoms with van der Waals surface area (Å²) in [6.07, 6.45) is 1.24. The molecule has 1 aromatic carbocycles. The van der Waals surface area contributed by atoms with Crippen molar-refractivity contribution in [2.75, 3.05) is 19.0 Å². The van der Waals surface area contributed by atoms with Gasteiger partial charge in [-0.15, -0.1) is 0 Å². The monoisotopic (exact) mass is 270 g/mol. The lowest BCUT2D eigenvalue weighted by Crippen LogP contribution is -2.04. The third-order valence-corrected chi connectivity index (χ3v) is 2.65. The van der Waals surface area contributed by atoms with Crippen molar-refractivity contribution in [1.29, 1.82) is 5.41 Å². The molecular weight excluding hydrogens is 256 g/mol. The molecule has 0 heterocycles. The predicted octanol–water partition coefficient (Wildman–Crippen LogP) is 2.63. The lowest BCUT2D eigenvalue weighted by Gasteiger charge is -2.10. The first kappa shape index (κ1) is 12.2. The van der Waals surface area contributed by atoms with Crippen molar-refractivity contribution in [3.8, 4) is 0 Å². The lowest BCUT2D eigenvalue weighted by molar-refractivity contribution is 0.291. The molecular formula is C11H15BrN2O. The van der Waals surface area contributed by atoms with Crippen molar-refractivity contribution >= 4 is 27.3 Å². The fourth-order valence-corrected chi connectivity index (χ4v) is 1.74. The highest BCUT2D eigenvalue weighted by atomic mass is 79.9. The summed E-state index contributed by atoms with van der Waals surface area (Å²) in [5.41, 5.74) is 2.39.